The molecule has 0 heterocycles. The third-order valence-corrected chi connectivity index (χ3v) is 10.9. The zero-order valence-corrected chi connectivity index (χ0v) is 23.4. The number of carboxylic acid groups (broad SMARTS) is 1. The van der Waals surface area contributed by atoms with Crippen LogP contribution in [0.4, 0.5) is 5.69 Å². The average Bonchev–Trinajstić information content (AvgIpc) is 3.20. The van der Waals surface area contributed by atoms with Crippen LogP contribution < -0.4 is 10.2 Å². The molecule has 0 unspecified atom stereocenters. The minimum atomic E-state index is -0.775. The molecule has 0 aliphatic heterocycles. The predicted molar refractivity (Wildman–Crippen MR) is 148 cm³/mol. The highest BCUT2D eigenvalue weighted by atomic mass is 16.4. The Morgan fingerprint density at radius 2 is 1.73 bits per heavy atom. The van der Waals surface area contributed by atoms with Gasteiger partial charge in [0.1, 0.15) is 0 Å². The molecule has 2 saturated carbocycles. The Labute approximate surface area is 222 Å². The fourth-order valence-electron chi connectivity index (χ4n) is 8.57. The van der Waals surface area contributed by atoms with Crippen molar-refractivity contribution in [1.82, 2.24) is 5.32 Å². The number of aliphatic carboxylic acids is 1. The van der Waals surface area contributed by atoms with Crippen molar-refractivity contribution in [2.75, 3.05) is 19.0 Å². The smallest absolute Gasteiger partial charge is 0.331 e. The molecule has 6 atom stereocenters. The summed E-state index contributed by atoms with van der Waals surface area (Å²) in [5, 5.41) is 13.0. The summed E-state index contributed by atoms with van der Waals surface area (Å²) in [7, 11) is 4.07. The minimum absolute atomic E-state index is 0.0224. The molecular formula is C32H44N2O3. The van der Waals surface area contributed by atoms with Crippen LogP contribution in [0.3, 0.4) is 0 Å². The molecule has 37 heavy (non-hydrogen) atoms. The van der Waals surface area contributed by atoms with E-state index in [0.717, 1.165) is 49.8 Å². The van der Waals surface area contributed by atoms with Crippen LogP contribution in [-0.2, 0) is 15.1 Å². The lowest BCUT2D eigenvalue weighted by molar-refractivity contribution is -0.133. The van der Waals surface area contributed by atoms with Crippen LogP contribution >= 0.6 is 0 Å². The van der Waals surface area contributed by atoms with Gasteiger partial charge in [0.05, 0.1) is 5.54 Å². The Balaban J connectivity index is 1.34. The number of carbonyl (C=O) groups is 2. The number of amides is 1. The molecule has 200 valence electrons. The Hall–Kier alpha value is -2.56. The van der Waals surface area contributed by atoms with E-state index in [2.05, 4.69) is 68.3 Å². The summed E-state index contributed by atoms with van der Waals surface area (Å²) in [5.41, 5.74) is 3.73. The van der Waals surface area contributed by atoms with E-state index >= 15 is 0 Å². The number of hydrogen-bond acceptors (Lipinski definition) is 3. The zero-order chi connectivity index (χ0) is 26.8. The number of hydrogen-bond donors (Lipinski definition) is 2. The van der Waals surface area contributed by atoms with E-state index in [0.29, 0.717) is 29.7 Å². The fourth-order valence-corrected chi connectivity index (χ4v) is 8.57. The standard InChI is InChI=1S/C32H44N2O3/c1-30(2,21-7-10-23(11-8-21)34(5)6)33-28(35)27-14-13-25-24-12-9-22-19-20(29(36)37)15-17-31(22,3)26(24)16-18-32(25,27)4/h7-11,19,24-27H,12-18H2,1-6H3,(H,33,35)(H,36,37)/t24-,25-,26-,27+,31-,32-/m0/s1. The van der Waals surface area contributed by atoms with Crippen molar-refractivity contribution >= 4 is 17.6 Å². The lowest BCUT2D eigenvalue weighted by Crippen LogP contribution is -2.52. The number of carboxylic acids is 1. The number of carbonyl (C=O) groups excluding carboxylic acids is 1. The molecule has 4 aliphatic rings. The Morgan fingerprint density at radius 1 is 1.03 bits per heavy atom. The highest BCUT2D eigenvalue weighted by Gasteiger charge is 2.59. The first-order valence-electron chi connectivity index (χ1n) is 14.1. The second kappa shape index (κ2) is 9.03. The molecule has 0 saturated heterocycles. The van der Waals surface area contributed by atoms with Gasteiger partial charge in [-0.1, -0.05) is 32.1 Å². The Morgan fingerprint density at radius 3 is 2.38 bits per heavy atom. The highest BCUT2D eigenvalue weighted by Crippen LogP contribution is 2.66. The number of nitrogens with one attached hydrogen (secondary N) is 1. The average molecular weight is 505 g/mol. The van der Waals surface area contributed by atoms with Crippen LogP contribution in [0, 0.1) is 34.5 Å². The van der Waals surface area contributed by atoms with Gasteiger partial charge in [0.15, 0.2) is 0 Å². The molecule has 1 amide bonds. The summed E-state index contributed by atoms with van der Waals surface area (Å²) in [6.45, 7) is 8.97. The molecular weight excluding hydrogens is 460 g/mol. The molecule has 5 rings (SSSR count). The predicted octanol–water partition coefficient (Wildman–Crippen LogP) is 6.30. The van der Waals surface area contributed by atoms with Gasteiger partial charge in [-0.25, -0.2) is 4.79 Å². The molecule has 0 spiro atoms. The molecule has 0 aromatic heterocycles. The van der Waals surface area contributed by atoms with Crippen LogP contribution in [0.1, 0.15) is 78.2 Å². The maximum absolute atomic E-state index is 13.8. The van der Waals surface area contributed by atoms with Crippen molar-refractivity contribution in [3.05, 3.63) is 53.1 Å². The van der Waals surface area contributed by atoms with E-state index in [1.54, 1.807) is 0 Å². The summed E-state index contributed by atoms with van der Waals surface area (Å²) in [6.07, 6.45) is 11.2. The maximum atomic E-state index is 13.8. The van der Waals surface area contributed by atoms with Crippen LogP contribution in [-0.4, -0.2) is 31.1 Å². The third kappa shape index (κ3) is 4.23. The summed E-state index contributed by atoms with van der Waals surface area (Å²) in [6, 6.07) is 8.48. The van der Waals surface area contributed by atoms with E-state index in [4.69, 9.17) is 0 Å². The first-order valence-corrected chi connectivity index (χ1v) is 14.1. The topological polar surface area (TPSA) is 69.6 Å². The van der Waals surface area contributed by atoms with Crippen LogP contribution in [0.15, 0.2) is 47.6 Å². The maximum Gasteiger partial charge on any atom is 0.331 e. The highest BCUT2D eigenvalue weighted by molar-refractivity contribution is 5.87. The van der Waals surface area contributed by atoms with Crippen LogP contribution in [0.25, 0.3) is 0 Å². The largest absolute Gasteiger partial charge is 0.478 e. The van der Waals surface area contributed by atoms with E-state index in [9.17, 15) is 14.7 Å². The third-order valence-electron chi connectivity index (χ3n) is 10.9. The first kappa shape index (κ1) is 26.1. The molecule has 5 heteroatoms. The quantitative estimate of drug-likeness (QED) is 0.493. The van der Waals surface area contributed by atoms with Gasteiger partial charge in [-0.2, -0.15) is 0 Å². The minimum Gasteiger partial charge on any atom is -0.478 e. The van der Waals surface area contributed by atoms with Gasteiger partial charge in [-0.05, 0) is 117 Å². The molecule has 2 N–H and O–H groups in total. The second-order valence-electron chi connectivity index (χ2n) is 13.4. The zero-order valence-electron chi connectivity index (χ0n) is 23.4. The van der Waals surface area contributed by atoms with Gasteiger partial charge < -0.3 is 15.3 Å². The van der Waals surface area contributed by atoms with E-state index in [1.807, 2.05) is 20.2 Å². The second-order valence-corrected chi connectivity index (χ2v) is 13.4. The van der Waals surface area contributed by atoms with Crippen molar-refractivity contribution in [2.45, 2.75) is 78.2 Å². The SMILES string of the molecule is CN(C)c1ccc(C(C)(C)NC(=O)[C@H]2CC[C@H]3[C@@H]4CC=C5C=C(C(=O)O)CC[C@]5(C)[C@H]4CC[C@]23C)cc1. The van der Waals surface area contributed by atoms with Gasteiger partial charge >= 0.3 is 5.97 Å². The van der Waals surface area contributed by atoms with Gasteiger partial charge in [0.25, 0.3) is 0 Å². The van der Waals surface area contributed by atoms with Crippen molar-refractivity contribution in [3.8, 4) is 0 Å². The molecule has 5 nitrogen and oxygen atoms in total. The monoisotopic (exact) mass is 504 g/mol. The number of fused-ring (bicyclic) bond motifs is 5. The fraction of sp³-hybridized carbons (Fsp3) is 0.625. The lowest BCUT2D eigenvalue weighted by atomic mass is 9.48. The van der Waals surface area contributed by atoms with Crippen LogP contribution in [0.5, 0.6) is 0 Å². The van der Waals surface area contributed by atoms with Crippen molar-refractivity contribution < 1.29 is 14.7 Å². The van der Waals surface area contributed by atoms with Crippen molar-refractivity contribution in [2.24, 2.45) is 34.5 Å². The normalized spacial score (nSPS) is 34.9. The number of allylic oxidation sites excluding steroid dienone is 3. The van der Waals surface area contributed by atoms with Crippen molar-refractivity contribution in [1.29, 1.82) is 0 Å². The van der Waals surface area contributed by atoms with E-state index in [1.165, 1.54) is 5.57 Å². The Kier molecular flexibility index (Phi) is 6.36. The molecule has 0 bridgehead atoms. The summed E-state index contributed by atoms with van der Waals surface area (Å²) in [5.74, 6) is 1.17. The molecule has 2 fully saturated rings. The lowest BCUT2D eigenvalue weighted by Gasteiger charge is -2.57. The van der Waals surface area contributed by atoms with Crippen LogP contribution in [0.2, 0.25) is 0 Å². The number of benzene rings is 1. The molecule has 1 aromatic rings. The first-order chi connectivity index (χ1) is 17.4. The molecule has 4 aliphatic carbocycles. The van der Waals surface area contributed by atoms with Gasteiger partial charge in [0.2, 0.25) is 5.91 Å². The molecule has 0 radical (unpaired) electrons. The summed E-state index contributed by atoms with van der Waals surface area (Å²) < 4.78 is 0. The van der Waals surface area contributed by atoms with E-state index in [-0.39, 0.29) is 22.7 Å². The number of rotatable bonds is 5. The summed E-state index contributed by atoms with van der Waals surface area (Å²) in [4.78, 5) is 27.5. The van der Waals surface area contributed by atoms with Gasteiger partial charge in [-0.15, -0.1) is 0 Å². The number of anilines is 1. The van der Waals surface area contributed by atoms with Gasteiger partial charge in [-0.3, -0.25) is 4.79 Å². The van der Waals surface area contributed by atoms with Gasteiger partial charge in [0, 0.05) is 31.3 Å². The molecule has 1 aromatic carbocycles. The Bertz CT molecular complexity index is 1150. The van der Waals surface area contributed by atoms with E-state index < -0.39 is 11.5 Å². The summed E-state index contributed by atoms with van der Waals surface area (Å²) >= 11 is 0. The number of nitrogens with zero attached hydrogens (tertiary/aromatic N) is 1. The van der Waals surface area contributed by atoms with Crippen molar-refractivity contribution in [3.63, 3.8) is 0 Å².